The first-order chi connectivity index (χ1) is 8.93. The van der Waals surface area contributed by atoms with Crippen molar-refractivity contribution in [3.63, 3.8) is 0 Å². The number of aliphatic hydroxyl groups excluding tert-OH is 1. The van der Waals surface area contributed by atoms with E-state index in [1.807, 2.05) is 0 Å². The van der Waals surface area contributed by atoms with Crippen molar-refractivity contribution in [2.45, 2.75) is 12.5 Å². The molecular weight excluding hydrogens is 339 g/mol. The summed E-state index contributed by atoms with van der Waals surface area (Å²) in [5, 5.41) is 22.5. The zero-order chi connectivity index (χ0) is 14.4. The van der Waals surface area contributed by atoms with Crippen molar-refractivity contribution in [2.24, 2.45) is 0 Å². The number of carboxylic acid groups (broad SMARTS) is 1. The number of carboxylic acids is 1. The molecule has 0 fully saturated rings. The molecule has 1 rings (SSSR count). The second-order valence-electron chi connectivity index (χ2n) is 3.63. The molecule has 0 radical (unpaired) electrons. The van der Waals surface area contributed by atoms with Gasteiger partial charge >= 0.3 is 12.0 Å². The fraction of sp³-hybridized carbons (Fsp3) is 0.273. The molecule has 1 aromatic rings. The Labute approximate surface area is 122 Å². The first kappa shape index (κ1) is 15.7. The van der Waals surface area contributed by atoms with Gasteiger partial charge in [0.05, 0.1) is 10.7 Å². The van der Waals surface area contributed by atoms with Crippen LogP contribution in [0, 0.1) is 0 Å². The van der Waals surface area contributed by atoms with Crippen LogP contribution in [0.3, 0.4) is 0 Å². The molecule has 2 amide bonds. The summed E-state index contributed by atoms with van der Waals surface area (Å²) in [6.45, 7) is -0.338. The number of anilines is 1. The van der Waals surface area contributed by atoms with Crippen LogP contribution in [0.25, 0.3) is 0 Å². The van der Waals surface area contributed by atoms with Gasteiger partial charge < -0.3 is 20.8 Å². The van der Waals surface area contributed by atoms with Crippen molar-refractivity contribution < 1.29 is 19.8 Å². The molecule has 0 aliphatic rings. The molecule has 0 saturated heterocycles. The predicted octanol–water partition coefficient (Wildman–Crippen LogP) is 2.06. The minimum Gasteiger partial charge on any atom is -0.480 e. The van der Waals surface area contributed by atoms with E-state index in [9.17, 15) is 9.59 Å². The number of hydrogen-bond acceptors (Lipinski definition) is 3. The molecule has 0 aromatic heterocycles. The standard InChI is InChI=1S/C11H12BrClN2O4/c12-6-1-2-7(13)9(5-6)15-11(19)14-8(3-4-16)10(17)18/h1-2,5,8,16H,3-4H2,(H,17,18)(H2,14,15,19)/t8-/m1/s1. The third-order valence-electron chi connectivity index (χ3n) is 2.20. The molecule has 19 heavy (non-hydrogen) atoms. The smallest absolute Gasteiger partial charge is 0.326 e. The summed E-state index contributed by atoms with van der Waals surface area (Å²) in [6.07, 6.45) is -0.0744. The number of rotatable bonds is 5. The Bertz CT molecular complexity index is 484. The van der Waals surface area contributed by atoms with Gasteiger partial charge in [-0.25, -0.2) is 9.59 Å². The lowest BCUT2D eigenvalue weighted by Gasteiger charge is -2.14. The first-order valence-electron chi connectivity index (χ1n) is 5.30. The highest BCUT2D eigenvalue weighted by atomic mass is 79.9. The van der Waals surface area contributed by atoms with Gasteiger partial charge in [0.1, 0.15) is 6.04 Å². The minimum absolute atomic E-state index is 0.0744. The monoisotopic (exact) mass is 350 g/mol. The Balaban J connectivity index is 2.68. The molecule has 0 bridgehead atoms. The van der Waals surface area contributed by atoms with Crippen LogP contribution in [0.2, 0.25) is 5.02 Å². The van der Waals surface area contributed by atoms with Gasteiger partial charge in [0.25, 0.3) is 0 Å². The number of halogens is 2. The van der Waals surface area contributed by atoms with Crippen molar-refractivity contribution in [1.82, 2.24) is 5.32 Å². The average molecular weight is 352 g/mol. The Kier molecular flexibility index (Phi) is 6.07. The van der Waals surface area contributed by atoms with Crippen LogP contribution in [0.4, 0.5) is 10.5 Å². The topological polar surface area (TPSA) is 98.7 Å². The number of aliphatic hydroxyl groups is 1. The maximum atomic E-state index is 11.6. The van der Waals surface area contributed by atoms with E-state index in [4.69, 9.17) is 21.8 Å². The summed E-state index contributed by atoms with van der Waals surface area (Å²) >= 11 is 9.11. The SMILES string of the molecule is O=C(Nc1cc(Br)ccc1Cl)N[C@H](CCO)C(=O)O. The lowest BCUT2D eigenvalue weighted by atomic mass is 10.2. The van der Waals surface area contributed by atoms with Crippen molar-refractivity contribution in [3.05, 3.63) is 27.7 Å². The minimum atomic E-state index is -1.22. The van der Waals surface area contributed by atoms with Crippen LogP contribution in [0.5, 0.6) is 0 Å². The lowest BCUT2D eigenvalue weighted by Crippen LogP contribution is -2.43. The number of benzene rings is 1. The molecule has 6 nitrogen and oxygen atoms in total. The Hall–Kier alpha value is -1.31. The highest BCUT2D eigenvalue weighted by molar-refractivity contribution is 9.10. The largest absolute Gasteiger partial charge is 0.480 e. The zero-order valence-electron chi connectivity index (χ0n) is 9.69. The summed E-state index contributed by atoms with van der Waals surface area (Å²) in [7, 11) is 0. The maximum absolute atomic E-state index is 11.6. The van der Waals surface area contributed by atoms with Crippen molar-refractivity contribution in [2.75, 3.05) is 11.9 Å². The molecule has 8 heteroatoms. The molecule has 4 N–H and O–H groups in total. The van der Waals surface area contributed by atoms with E-state index >= 15 is 0 Å². The predicted molar refractivity (Wildman–Crippen MR) is 74.4 cm³/mol. The van der Waals surface area contributed by atoms with E-state index in [1.165, 1.54) is 0 Å². The number of amides is 2. The molecule has 1 aromatic carbocycles. The molecule has 104 valence electrons. The van der Waals surface area contributed by atoms with Crippen molar-refractivity contribution in [3.8, 4) is 0 Å². The molecule has 0 spiro atoms. The van der Waals surface area contributed by atoms with Gasteiger partial charge in [-0.3, -0.25) is 0 Å². The zero-order valence-corrected chi connectivity index (χ0v) is 12.0. The summed E-state index contributed by atoms with van der Waals surface area (Å²) < 4.78 is 0.720. The van der Waals surface area contributed by atoms with E-state index in [1.54, 1.807) is 18.2 Å². The average Bonchev–Trinajstić information content (AvgIpc) is 2.33. The Morgan fingerprint density at radius 3 is 2.68 bits per heavy atom. The second-order valence-corrected chi connectivity index (χ2v) is 4.95. The lowest BCUT2D eigenvalue weighted by molar-refractivity contribution is -0.139. The van der Waals surface area contributed by atoms with Gasteiger partial charge in [0.15, 0.2) is 0 Å². The van der Waals surface area contributed by atoms with Gasteiger partial charge in [0.2, 0.25) is 0 Å². The van der Waals surface area contributed by atoms with E-state index in [0.717, 1.165) is 4.47 Å². The van der Waals surface area contributed by atoms with Gasteiger partial charge in [-0.05, 0) is 18.2 Å². The number of hydrogen-bond donors (Lipinski definition) is 4. The van der Waals surface area contributed by atoms with Crippen LogP contribution in [0.1, 0.15) is 6.42 Å². The van der Waals surface area contributed by atoms with Crippen LogP contribution < -0.4 is 10.6 Å². The molecule has 0 saturated carbocycles. The van der Waals surface area contributed by atoms with Gasteiger partial charge in [-0.15, -0.1) is 0 Å². The number of carbonyl (C=O) groups excluding carboxylic acids is 1. The van der Waals surface area contributed by atoms with E-state index in [2.05, 4.69) is 26.6 Å². The number of nitrogens with one attached hydrogen (secondary N) is 2. The van der Waals surface area contributed by atoms with E-state index < -0.39 is 18.0 Å². The van der Waals surface area contributed by atoms with Gasteiger partial charge in [0, 0.05) is 17.5 Å². The number of aliphatic carboxylic acids is 1. The van der Waals surface area contributed by atoms with Crippen LogP contribution in [-0.2, 0) is 4.79 Å². The molecule has 0 unspecified atom stereocenters. The molecule has 0 aliphatic heterocycles. The molecule has 0 aliphatic carbocycles. The summed E-state index contributed by atoms with van der Waals surface area (Å²) in [5.41, 5.74) is 0.349. The van der Waals surface area contributed by atoms with Crippen LogP contribution in [-0.4, -0.2) is 34.9 Å². The maximum Gasteiger partial charge on any atom is 0.326 e. The number of urea groups is 1. The molecule has 0 heterocycles. The molecular formula is C11H12BrClN2O4. The Morgan fingerprint density at radius 2 is 2.11 bits per heavy atom. The van der Waals surface area contributed by atoms with E-state index in [-0.39, 0.29) is 13.0 Å². The fourth-order valence-electron chi connectivity index (χ4n) is 1.30. The number of carbonyl (C=O) groups is 2. The highest BCUT2D eigenvalue weighted by Crippen LogP contribution is 2.25. The summed E-state index contributed by atoms with van der Waals surface area (Å²) in [4.78, 5) is 22.4. The molecule has 1 atom stereocenters. The van der Waals surface area contributed by atoms with Gasteiger partial charge in [-0.1, -0.05) is 27.5 Å². The van der Waals surface area contributed by atoms with Crippen LogP contribution >= 0.6 is 27.5 Å². The third kappa shape index (κ3) is 5.06. The van der Waals surface area contributed by atoms with Crippen LogP contribution in [0.15, 0.2) is 22.7 Å². The first-order valence-corrected chi connectivity index (χ1v) is 6.47. The third-order valence-corrected chi connectivity index (χ3v) is 3.02. The van der Waals surface area contributed by atoms with E-state index in [0.29, 0.717) is 10.7 Å². The van der Waals surface area contributed by atoms with Crippen molar-refractivity contribution >= 4 is 45.2 Å². The van der Waals surface area contributed by atoms with Crippen molar-refractivity contribution in [1.29, 1.82) is 0 Å². The second kappa shape index (κ2) is 7.32. The fourth-order valence-corrected chi connectivity index (χ4v) is 1.82. The summed E-state index contributed by atoms with van der Waals surface area (Å²) in [6, 6.07) is 3.02. The Morgan fingerprint density at radius 1 is 1.42 bits per heavy atom. The quantitative estimate of drug-likeness (QED) is 0.652. The summed E-state index contributed by atoms with van der Waals surface area (Å²) in [5.74, 6) is -1.22. The van der Waals surface area contributed by atoms with Gasteiger partial charge in [-0.2, -0.15) is 0 Å². The highest BCUT2D eigenvalue weighted by Gasteiger charge is 2.19. The normalized spacial score (nSPS) is 11.7.